The van der Waals surface area contributed by atoms with Gasteiger partial charge in [0.05, 0.1) is 0 Å². The molecule has 0 bridgehead atoms. The molecule has 1 aromatic heterocycles. The molecular weight excluding hydrogens is 246 g/mol. The highest BCUT2D eigenvalue weighted by Crippen LogP contribution is 2.09. The largest absolute Gasteiger partial charge is 0.360 e. The zero-order valence-electron chi connectivity index (χ0n) is 11.8. The summed E-state index contributed by atoms with van der Waals surface area (Å²) < 4.78 is 4.85. The summed E-state index contributed by atoms with van der Waals surface area (Å²) in [6, 6.07) is 1.01. The van der Waals surface area contributed by atoms with Gasteiger partial charge in [-0.3, -0.25) is 9.59 Å². The maximum Gasteiger partial charge on any atom is 0.247 e. The second-order valence-corrected chi connectivity index (χ2v) is 4.56. The Labute approximate surface area is 112 Å². The minimum atomic E-state index is -0.606. The van der Waals surface area contributed by atoms with Crippen LogP contribution in [0.15, 0.2) is 10.6 Å². The Balaban J connectivity index is 2.51. The third kappa shape index (κ3) is 4.39. The molecular formula is C13H21N3O3. The Morgan fingerprint density at radius 2 is 1.95 bits per heavy atom. The first-order chi connectivity index (χ1) is 8.97. The first-order valence-electron chi connectivity index (χ1n) is 6.52. The van der Waals surface area contributed by atoms with Gasteiger partial charge in [-0.2, -0.15) is 0 Å². The highest BCUT2D eigenvalue weighted by atomic mass is 16.5. The molecule has 0 spiro atoms. The molecule has 0 fully saturated rings. The number of hydrogen-bond donors (Lipinski definition) is 2. The monoisotopic (exact) mass is 267 g/mol. The number of carbonyl (C=O) groups excluding carboxylic acids is 2. The summed E-state index contributed by atoms with van der Waals surface area (Å²) in [6.45, 7) is 7.29. The fraction of sp³-hybridized carbons (Fsp3) is 0.615. The van der Waals surface area contributed by atoms with E-state index in [0.717, 1.165) is 12.8 Å². The summed E-state index contributed by atoms with van der Waals surface area (Å²) >= 11 is 0. The number of rotatable bonds is 6. The van der Waals surface area contributed by atoms with Crippen LogP contribution in [0.3, 0.4) is 0 Å². The molecule has 2 amide bonds. The van der Waals surface area contributed by atoms with Crippen LogP contribution in [0.25, 0.3) is 0 Å². The van der Waals surface area contributed by atoms with Crippen molar-refractivity contribution in [1.29, 1.82) is 0 Å². The molecule has 0 aromatic carbocycles. The summed E-state index contributed by atoms with van der Waals surface area (Å²) in [5.41, 5.74) is 0. The van der Waals surface area contributed by atoms with Gasteiger partial charge < -0.3 is 15.2 Å². The number of aromatic nitrogens is 1. The Kier molecular flexibility index (Phi) is 5.54. The molecule has 6 nitrogen and oxygen atoms in total. The van der Waals surface area contributed by atoms with Crippen molar-refractivity contribution in [3.63, 3.8) is 0 Å². The van der Waals surface area contributed by atoms with Gasteiger partial charge in [0, 0.05) is 12.0 Å². The lowest BCUT2D eigenvalue weighted by molar-refractivity contribution is -0.129. The van der Waals surface area contributed by atoms with Crippen molar-refractivity contribution in [2.75, 3.05) is 5.32 Å². The van der Waals surface area contributed by atoms with E-state index in [1.807, 2.05) is 13.8 Å². The number of carbonyl (C=O) groups is 2. The van der Waals surface area contributed by atoms with Gasteiger partial charge in [0.2, 0.25) is 11.8 Å². The molecule has 0 radical (unpaired) electrons. The van der Waals surface area contributed by atoms with Crippen molar-refractivity contribution >= 4 is 17.6 Å². The topological polar surface area (TPSA) is 84.2 Å². The van der Waals surface area contributed by atoms with Crippen LogP contribution in [0.4, 0.5) is 5.82 Å². The molecule has 106 valence electrons. The van der Waals surface area contributed by atoms with Crippen LogP contribution in [0, 0.1) is 12.8 Å². The molecule has 0 saturated heterocycles. The Morgan fingerprint density at radius 3 is 2.42 bits per heavy atom. The standard InChI is InChI=1S/C13H21N3O3/c1-5-10(6-2)13(18)14-9(4)12(17)15-11-7-8(3)19-16-11/h7,9-10H,5-6H2,1-4H3,(H,14,18)(H,15,16,17)/t9-/m1/s1. The van der Waals surface area contributed by atoms with Crippen LogP contribution >= 0.6 is 0 Å². The van der Waals surface area contributed by atoms with Crippen LogP contribution in [0.5, 0.6) is 0 Å². The highest BCUT2D eigenvalue weighted by molar-refractivity contribution is 5.96. The quantitative estimate of drug-likeness (QED) is 0.824. The average Bonchev–Trinajstić information content (AvgIpc) is 2.76. The molecule has 1 heterocycles. The van der Waals surface area contributed by atoms with E-state index in [1.165, 1.54) is 0 Å². The third-order valence-corrected chi connectivity index (χ3v) is 2.99. The van der Waals surface area contributed by atoms with Crippen molar-refractivity contribution in [1.82, 2.24) is 10.5 Å². The minimum Gasteiger partial charge on any atom is -0.360 e. The number of nitrogens with zero attached hydrogens (tertiary/aromatic N) is 1. The summed E-state index contributed by atoms with van der Waals surface area (Å²) in [6.07, 6.45) is 1.53. The van der Waals surface area contributed by atoms with Crippen LogP contribution in [-0.4, -0.2) is 23.0 Å². The van der Waals surface area contributed by atoms with Crippen LogP contribution in [0.2, 0.25) is 0 Å². The fourth-order valence-electron chi connectivity index (χ4n) is 1.72. The Hall–Kier alpha value is -1.85. The van der Waals surface area contributed by atoms with Crippen molar-refractivity contribution in [2.45, 2.75) is 46.6 Å². The van der Waals surface area contributed by atoms with E-state index in [4.69, 9.17) is 4.52 Å². The van der Waals surface area contributed by atoms with Crippen LogP contribution in [0.1, 0.15) is 39.4 Å². The van der Waals surface area contributed by atoms with E-state index < -0.39 is 6.04 Å². The normalized spacial score (nSPS) is 12.3. The first kappa shape index (κ1) is 15.2. The fourth-order valence-corrected chi connectivity index (χ4v) is 1.72. The maximum absolute atomic E-state index is 11.9. The second kappa shape index (κ2) is 6.92. The molecule has 0 aliphatic heterocycles. The molecule has 6 heteroatoms. The maximum atomic E-state index is 11.9. The molecule has 0 saturated carbocycles. The lowest BCUT2D eigenvalue weighted by Gasteiger charge is -2.17. The van der Waals surface area contributed by atoms with Crippen molar-refractivity contribution < 1.29 is 14.1 Å². The molecule has 0 unspecified atom stereocenters. The number of anilines is 1. The van der Waals surface area contributed by atoms with E-state index in [9.17, 15) is 9.59 Å². The van der Waals surface area contributed by atoms with E-state index >= 15 is 0 Å². The van der Waals surface area contributed by atoms with Crippen molar-refractivity contribution in [3.05, 3.63) is 11.8 Å². The van der Waals surface area contributed by atoms with E-state index in [-0.39, 0.29) is 17.7 Å². The van der Waals surface area contributed by atoms with E-state index in [1.54, 1.807) is 19.9 Å². The van der Waals surface area contributed by atoms with Gasteiger partial charge in [0.15, 0.2) is 5.82 Å². The Bertz CT molecular complexity index is 438. The van der Waals surface area contributed by atoms with Gasteiger partial charge in [-0.15, -0.1) is 0 Å². The van der Waals surface area contributed by atoms with Gasteiger partial charge in [0.25, 0.3) is 0 Å². The first-order valence-corrected chi connectivity index (χ1v) is 6.52. The van der Waals surface area contributed by atoms with Crippen LogP contribution < -0.4 is 10.6 Å². The van der Waals surface area contributed by atoms with Crippen molar-refractivity contribution in [3.8, 4) is 0 Å². The van der Waals surface area contributed by atoms with Gasteiger partial charge in [-0.1, -0.05) is 19.0 Å². The van der Waals surface area contributed by atoms with Crippen molar-refractivity contribution in [2.24, 2.45) is 5.92 Å². The van der Waals surface area contributed by atoms with Gasteiger partial charge in [-0.25, -0.2) is 0 Å². The van der Waals surface area contributed by atoms with Gasteiger partial charge in [-0.05, 0) is 26.7 Å². The summed E-state index contributed by atoms with van der Waals surface area (Å²) in [4.78, 5) is 23.7. The third-order valence-electron chi connectivity index (χ3n) is 2.99. The molecule has 1 atom stereocenters. The number of amides is 2. The highest BCUT2D eigenvalue weighted by Gasteiger charge is 2.20. The number of nitrogens with one attached hydrogen (secondary N) is 2. The lowest BCUT2D eigenvalue weighted by atomic mass is 10.0. The molecule has 0 aliphatic carbocycles. The average molecular weight is 267 g/mol. The zero-order chi connectivity index (χ0) is 14.4. The van der Waals surface area contributed by atoms with E-state index in [0.29, 0.717) is 11.6 Å². The summed E-state index contributed by atoms with van der Waals surface area (Å²) in [5.74, 6) is 0.510. The molecule has 1 rings (SSSR count). The molecule has 19 heavy (non-hydrogen) atoms. The van der Waals surface area contributed by atoms with E-state index in [2.05, 4.69) is 15.8 Å². The lowest BCUT2D eigenvalue weighted by Crippen LogP contribution is -2.44. The number of hydrogen-bond acceptors (Lipinski definition) is 4. The second-order valence-electron chi connectivity index (χ2n) is 4.56. The molecule has 2 N–H and O–H groups in total. The molecule has 1 aromatic rings. The smallest absolute Gasteiger partial charge is 0.247 e. The van der Waals surface area contributed by atoms with Crippen LogP contribution in [-0.2, 0) is 9.59 Å². The zero-order valence-corrected chi connectivity index (χ0v) is 11.8. The summed E-state index contributed by atoms with van der Waals surface area (Å²) in [5, 5.41) is 8.95. The predicted octanol–water partition coefficient (Wildman–Crippen LogP) is 1.86. The van der Waals surface area contributed by atoms with Gasteiger partial charge in [0.1, 0.15) is 11.8 Å². The van der Waals surface area contributed by atoms with Gasteiger partial charge >= 0.3 is 0 Å². The summed E-state index contributed by atoms with van der Waals surface area (Å²) in [7, 11) is 0. The number of aryl methyl sites for hydroxylation is 1. The minimum absolute atomic E-state index is 0.0513. The predicted molar refractivity (Wildman–Crippen MR) is 71.5 cm³/mol. The molecule has 0 aliphatic rings. The SMILES string of the molecule is CCC(CC)C(=O)N[C@H](C)C(=O)Nc1cc(C)on1. The Morgan fingerprint density at radius 1 is 1.32 bits per heavy atom.